The average Bonchev–Trinajstić information content (AvgIpc) is 3.43. The lowest BCUT2D eigenvalue weighted by Crippen LogP contribution is -2.46. The summed E-state index contributed by atoms with van der Waals surface area (Å²) >= 11 is 0. The topological polar surface area (TPSA) is 85.4 Å². The molecular formula is C23H28N8O. The molecule has 2 fully saturated rings. The molecule has 0 bridgehead atoms. The lowest BCUT2D eigenvalue weighted by atomic mass is 9.90. The number of nitrogens with one attached hydrogen (secondary N) is 1. The highest BCUT2D eigenvalue weighted by molar-refractivity contribution is 5.87. The van der Waals surface area contributed by atoms with Crippen LogP contribution in [0.2, 0.25) is 0 Å². The first-order chi connectivity index (χ1) is 15.7. The van der Waals surface area contributed by atoms with Crippen molar-refractivity contribution >= 4 is 22.5 Å². The molecule has 0 unspecified atom stereocenters. The van der Waals surface area contributed by atoms with Crippen LogP contribution in [0.25, 0.3) is 27.7 Å². The van der Waals surface area contributed by atoms with E-state index in [1.807, 2.05) is 30.0 Å². The van der Waals surface area contributed by atoms with Crippen molar-refractivity contribution in [2.45, 2.75) is 37.8 Å². The Morgan fingerprint density at radius 3 is 2.72 bits per heavy atom. The molecule has 1 saturated heterocycles. The van der Waals surface area contributed by atoms with Gasteiger partial charge in [0.25, 0.3) is 0 Å². The minimum Gasteiger partial charge on any atom is -0.379 e. The largest absolute Gasteiger partial charge is 0.379 e. The molecule has 2 aliphatic rings. The molecule has 0 radical (unpaired) electrons. The molecule has 9 heteroatoms. The smallest absolute Gasteiger partial charge is 0.241 e. The van der Waals surface area contributed by atoms with Crippen LogP contribution in [-0.2, 0) is 11.8 Å². The van der Waals surface area contributed by atoms with Crippen molar-refractivity contribution in [3.63, 3.8) is 0 Å². The number of benzene rings is 1. The van der Waals surface area contributed by atoms with E-state index in [0.29, 0.717) is 18.0 Å². The number of aryl methyl sites for hydroxylation is 1. The Labute approximate surface area is 186 Å². The number of morpholine rings is 1. The van der Waals surface area contributed by atoms with Crippen LogP contribution in [-0.4, -0.2) is 72.9 Å². The average molecular weight is 433 g/mol. The fraction of sp³-hybridized carbons (Fsp3) is 0.478. The van der Waals surface area contributed by atoms with Crippen LogP contribution >= 0.6 is 0 Å². The Bertz CT molecular complexity index is 1230. The number of nitrogens with zero attached hydrogens (tertiary/aromatic N) is 7. The van der Waals surface area contributed by atoms with Crippen molar-refractivity contribution in [2.75, 3.05) is 31.6 Å². The molecule has 1 N–H and O–H groups in total. The van der Waals surface area contributed by atoms with E-state index in [4.69, 9.17) is 9.84 Å². The highest BCUT2D eigenvalue weighted by Crippen LogP contribution is 2.29. The second kappa shape index (κ2) is 8.14. The van der Waals surface area contributed by atoms with Gasteiger partial charge in [-0.3, -0.25) is 4.90 Å². The van der Waals surface area contributed by atoms with Crippen molar-refractivity contribution in [3.8, 4) is 11.1 Å². The number of ether oxygens (including phenoxy) is 1. The van der Waals surface area contributed by atoms with Crippen molar-refractivity contribution in [1.29, 1.82) is 0 Å². The van der Waals surface area contributed by atoms with E-state index in [1.165, 1.54) is 12.8 Å². The van der Waals surface area contributed by atoms with E-state index in [9.17, 15) is 0 Å². The predicted octanol–water partition coefficient (Wildman–Crippen LogP) is 2.73. The second-order valence-corrected chi connectivity index (χ2v) is 8.86. The van der Waals surface area contributed by atoms with Gasteiger partial charge in [-0.25, -0.2) is 14.2 Å². The Balaban J connectivity index is 1.16. The number of rotatable bonds is 4. The first kappa shape index (κ1) is 19.6. The second-order valence-electron chi connectivity index (χ2n) is 8.86. The van der Waals surface area contributed by atoms with Gasteiger partial charge in [-0.1, -0.05) is 11.3 Å². The Morgan fingerprint density at radius 1 is 1.03 bits per heavy atom. The number of aromatic nitrogens is 6. The van der Waals surface area contributed by atoms with Crippen LogP contribution in [0.3, 0.4) is 0 Å². The molecule has 0 spiro atoms. The third kappa shape index (κ3) is 3.61. The summed E-state index contributed by atoms with van der Waals surface area (Å²) in [7, 11) is 1.91. The van der Waals surface area contributed by atoms with Gasteiger partial charge in [0.1, 0.15) is 5.52 Å². The monoisotopic (exact) mass is 432 g/mol. The quantitative estimate of drug-likeness (QED) is 0.531. The van der Waals surface area contributed by atoms with Gasteiger partial charge in [-0.05, 0) is 49.4 Å². The Kier molecular flexibility index (Phi) is 4.99. The summed E-state index contributed by atoms with van der Waals surface area (Å²) in [4.78, 5) is 7.24. The number of hydrogen-bond acceptors (Lipinski definition) is 7. The van der Waals surface area contributed by atoms with E-state index in [2.05, 4.69) is 43.7 Å². The Morgan fingerprint density at radius 2 is 1.88 bits per heavy atom. The molecule has 6 rings (SSSR count). The van der Waals surface area contributed by atoms with Crippen LogP contribution in [0.5, 0.6) is 0 Å². The predicted molar refractivity (Wildman–Crippen MR) is 123 cm³/mol. The van der Waals surface area contributed by atoms with Gasteiger partial charge in [0.2, 0.25) is 5.95 Å². The van der Waals surface area contributed by atoms with Crippen molar-refractivity contribution in [2.24, 2.45) is 7.05 Å². The van der Waals surface area contributed by atoms with Crippen molar-refractivity contribution < 1.29 is 4.74 Å². The molecule has 1 aliphatic heterocycles. The summed E-state index contributed by atoms with van der Waals surface area (Å²) in [5, 5.41) is 16.6. The maximum atomic E-state index is 5.50. The van der Waals surface area contributed by atoms with Crippen LogP contribution in [0, 0.1) is 0 Å². The molecule has 32 heavy (non-hydrogen) atoms. The minimum atomic E-state index is 0.430. The van der Waals surface area contributed by atoms with E-state index in [-0.39, 0.29) is 0 Å². The molecule has 0 amide bonds. The van der Waals surface area contributed by atoms with Gasteiger partial charge >= 0.3 is 0 Å². The molecule has 3 aromatic heterocycles. The van der Waals surface area contributed by atoms with E-state index < -0.39 is 0 Å². The van der Waals surface area contributed by atoms with Gasteiger partial charge in [0.15, 0.2) is 0 Å². The van der Waals surface area contributed by atoms with E-state index >= 15 is 0 Å². The maximum absolute atomic E-state index is 5.50. The fourth-order valence-electron chi connectivity index (χ4n) is 5.12. The lowest BCUT2D eigenvalue weighted by Gasteiger charge is -2.38. The first-order valence-corrected chi connectivity index (χ1v) is 11.5. The van der Waals surface area contributed by atoms with Gasteiger partial charge in [-0.2, -0.15) is 0 Å². The van der Waals surface area contributed by atoms with Crippen LogP contribution in [0.4, 0.5) is 5.95 Å². The van der Waals surface area contributed by atoms with Gasteiger partial charge in [0, 0.05) is 44.0 Å². The normalized spacial score (nSPS) is 22.5. The van der Waals surface area contributed by atoms with E-state index in [0.717, 1.165) is 66.8 Å². The summed E-state index contributed by atoms with van der Waals surface area (Å²) in [6.07, 6.45) is 8.66. The number of fused-ring (bicyclic) bond motifs is 2. The molecular weight excluding hydrogens is 404 g/mol. The Hall–Kier alpha value is -3.04. The fourth-order valence-corrected chi connectivity index (χ4v) is 5.12. The summed E-state index contributed by atoms with van der Waals surface area (Å²) in [5.74, 6) is 0.695. The summed E-state index contributed by atoms with van der Waals surface area (Å²) in [5.41, 5.74) is 5.10. The summed E-state index contributed by atoms with van der Waals surface area (Å²) < 4.78 is 9.20. The molecule has 1 aromatic carbocycles. The SMILES string of the molecule is Cn1nnc2ccc(-c3ccn4nc(N[C@H]5CC[C@H](N6CCOCC6)CC5)ncc34)cc21. The summed E-state index contributed by atoms with van der Waals surface area (Å²) in [6.45, 7) is 3.89. The van der Waals surface area contributed by atoms with Crippen LogP contribution in [0.15, 0.2) is 36.7 Å². The molecule has 1 aliphatic carbocycles. The standard InChI is InChI=1S/C23H28N8O/c1-29-21-14-16(2-7-20(21)26-28-29)19-8-9-31-22(19)15-24-23(27-31)25-17-3-5-18(6-4-17)30-10-12-32-13-11-30/h2,7-9,14-15,17-18H,3-6,10-13H2,1H3,(H,25,27)/t17-,18-. The van der Waals surface area contributed by atoms with Crippen molar-refractivity contribution in [3.05, 3.63) is 36.7 Å². The highest BCUT2D eigenvalue weighted by Gasteiger charge is 2.27. The number of hydrogen-bond donors (Lipinski definition) is 1. The van der Waals surface area contributed by atoms with E-state index in [1.54, 1.807) is 4.68 Å². The summed E-state index contributed by atoms with van der Waals surface area (Å²) in [6, 6.07) is 9.41. The third-order valence-corrected chi connectivity index (χ3v) is 6.93. The van der Waals surface area contributed by atoms with Crippen LogP contribution < -0.4 is 5.32 Å². The zero-order valence-corrected chi connectivity index (χ0v) is 18.3. The molecule has 166 valence electrons. The molecule has 0 atom stereocenters. The lowest BCUT2D eigenvalue weighted by molar-refractivity contribution is 0.00790. The molecule has 1 saturated carbocycles. The first-order valence-electron chi connectivity index (χ1n) is 11.5. The molecule has 4 heterocycles. The van der Waals surface area contributed by atoms with Gasteiger partial charge in [-0.15, -0.1) is 10.2 Å². The molecule has 4 aromatic rings. The zero-order valence-electron chi connectivity index (χ0n) is 18.3. The third-order valence-electron chi connectivity index (χ3n) is 6.93. The highest BCUT2D eigenvalue weighted by atomic mass is 16.5. The minimum absolute atomic E-state index is 0.430. The van der Waals surface area contributed by atoms with Crippen molar-refractivity contribution in [1.82, 2.24) is 34.5 Å². The zero-order chi connectivity index (χ0) is 21.5. The van der Waals surface area contributed by atoms with Crippen LogP contribution in [0.1, 0.15) is 25.7 Å². The molecule has 9 nitrogen and oxygen atoms in total. The number of anilines is 1. The maximum Gasteiger partial charge on any atom is 0.241 e. The van der Waals surface area contributed by atoms with Gasteiger partial charge < -0.3 is 10.1 Å². The van der Waals surface area contributed by atoms with Gasteiger partial charge in [0.05, 0.1) is 30.4 Å².